The number of anilines is 1. The van der Waals surface area contributed by atoms with E-state index in [-0.39, 0.29) is 35.8 Å². The fourth-order valence-corrected chi connectivity index (χ4v) is 4.77. The molecule has 0 aliphatic carbocycles. The van der Waals surface area contributed by atoms with E-state index in [0.29, 0.717) is 16.7 Å². The van der Waals surface area contributed by atoms with Crippen LogP contribution in [0.25, 0.3) is 11.1 Å². The second kappa shape index (κ2) is 12.0. The number of aliphatic carboxylic acids is 1. The summed E-state index contributed by atoms with van der Waals surface area (Å²) in [7, 11) is -4.10. The largest absolute Gasteiger partial charge is 0.481 e. The van der Waals surface area contributed by atoms with Crippen LogP contribution in [0.5, 0.6) is 11.9 Å². The smallest absolute Gasteiger partial charge is 0.316 e. The third-order valence-corrected chi connectivity index (χ3v) is 7.72. The third-order valence-electron chi connectivity index (χ3n) is 5.95. The molecule has 0 aliphatic heterocycles. The number of carboxylic acid groups (broad SMARTS) is 1. The molecule has 2 aromatic carbocycles. The standard InChI is InChI=1S/C27H26BrN5O6S/c1-17-4-6-18(7-5-17)22-23(31-16-32-24(22)38-12-13-39-26-29-14-20(28)15-30-26)33-40(36,37)21-10-8-19(9-11-21)27(2,3)25(34)35/h4-11,14-16H,12-13H2,1-3H3,(H,34,35)(H,31,32,33). The molecule has 0 fully saturated rings. The molecule has 0 amide bonds. The van der Waals surface area contributed by atoms with Crippen molar-refractivity contribution >= 4 is 37.7 Å². The van der Waals surface area contributed by atoms with Gasteiger partial charge in [0.15, 0.2) is 5.82 Å². The van der Waals surface area contributed by atoms with E-state index in [4.69, 9.17) is 9.47 Å². The average Bonchev–Trinajstić information content (AvgIpc) is 2.92. The molecule has 0 aliphatic rings. The number of halogens is 1. The number of sulfonamides is 1. The minimum absolute atomic E-state index is 0.0148. The number of nitrogens with one attached hydrogen (secondary N) is 1. The van der Waals surface area contributed by atoms with Crippen molar-refractivity contribution in [3.8, 4) is 23.0 Å². The summed E-state index contributed by atoms with van der Waals surface area (Å²) in [5.41, 5.74) is 1.27. The number of hydrogen-bond donors (Lipinski definition) is 2. The summed E-state index contributed by atoms with van der Waals surface area (Å²) in [6.45, 7) is 5.21. The van der Waals surface area contributed by atoms with E-state index < -0.39 is 21.4 Å². The summed E-state index contributed by atoms with van der Waals surface area (Å²) in [6, 6.07) is 13.2. The van der Waals surface area contributed by atoms with E-state index in [9.17, 15) is 18.3 Å². The Labute approximate surface area is 239 Å². The van der Waals surface area contributed by atoms with Crippen molar-refractivity contribution in [3.05, 3.63) is 82.9 Å². The van der Waals surface area contributed by atoms with Crippen molar-refractivity contribution < 1.29 is 27.8 Å². The second-order valence-corrected chi connectivity index (χ2v) is 11.8. The van der Waals surface area contributed by atoms with Gasteiger partial charge in [0.05, 0.1) is 20.3 Å². The zero-order valence-corrected chi connectivity index (χ0v) is 24.2. The zero-order chi connectivity index (χ0) is 28.9. The van der Waals surface area contributed by atoms with Crippen LogP contribution in [0.2, 0.25) is 0 Å². The Morgan fingerprint density at radius 3 is 2.20 bits per heavy atom. The highest BCUT2D eigenvalue weighted by Crippen LogP contribution is 2.35. The Morgan fingerprint density at radius 1 is 0.950 bits per heavy atom. The number of hydrogen-bond acceptors (Lipinski definition) is 9. The first-order valence-electron chi connectivity index (χ1n) is 12.0. The predicted octanol–water partition coefficient (Wildman–Crippen LogP) is 4.63. The Hall–Kier alpha value is -4.10. The molecule has 0 atom stereocenters. The minimum Gasteiger partial charge on any atom is -0.481 e. The van der Waals surface area contributed by atoms with Crippen LogP contribution in [-0.4, -0.2) is 52.6 Å². The molecule has 0 bridgehead atoms. The molecule has 0 radical (unpaired) electrons. The van der Waals surface area contributed by atoms with Crippen LogP contribution in [0.15, 0.2) is 76.6 Å². The molecule has 0 saturated heterocycles. The van der Waals surface area contributed by atoms with Gasteiger partial charge in [0.1, 0.15) is 19.5 Å². The van der Waals surface area contributed by atoms with Gasteiger partial charge >= 0.3 is 12.0 Å². The van der Waals surface area contributed by atoms with Crippen LogP contribution >= 0.6 is 15.9 Å². The monoisotopic (exact) mass is 627 g/mol. The molecule has 0 spiro atoms. The van der Waals surface area contributed by atoms with Gasteiger partial charge in [0, 0.05) is 12.4 Å². The normalized spacial score (nSPS) is 11.6. The summed E-state index contributed by atoms with van der Waals surface area (Å²) >= 11 is 3.26. The van der Waals surface area contributed by atoms with E-state index in [1.54, 1.807) is 26.2 Å². The number of carbonyl (C=O) groups is 1. The highest BCUT2D eigenvalue weighted by atomic mass is 79.9. The van der Waals surface area contributed by atoms with E-state index in [1.807, 2.05) is 31.2 Å². The van der Waals surface area contributed by atoms with E-state index in [0.717, 1.165) is 10.0 Å². The fraction of sp³-hybridized carbons (Fsp3) is 0.222. The predicted molar refractivity (Wildman–Crippen MR) is 151 cm³/mol. The van der Waals surface area contributed by atoms with Crippen molar-refractivity contribution in [2.75, 3.05) is 17.9 Å². The molecule has 13 heteroatoms. The first kappa shape index (κ1) is 28.9. The van der Waals surface area contributed by atoms with Crippen molar-refractivity contribution in [1.29, 1.82) is 0 Å². The summed E-state index contributed by atoms with van der Waals surface area (Å²) in [5.74, 6) is -0.858. The maximum Gasteiger partial charge on any atom is 0.316 e. The van der Waals surface area contributed by atoms with Gasteiger partial charge in [-0.25, -0.2) is 28.4 Å². The summed E-state index contributed by atoms with van der Waals surface area (Å²) in [6.07, 6.45) is 4.31. The van der Waals surface area contributed by atoms with Crippen molar-refractivity contribution in [1.82, 2.24) is 19.9 Å². The Balaban J connectivity index is 1.60. The number of aryl methyl sites for hydroxylation is 1. The lowest BCUT2D eigenvalue weighted by Gasteiger charge is -2.20. The summed E-state index contributed by atoms with van der Waals surface area (Å²) in [5, 5.41) is 9.47. The zero-order valence-electron chi connectivity index (χ0n) is 21.8. The molecule has 2 N–H and O–H groups in total. The number of nitrogens with zero attached hydrogens (tertiary/aromatic N) is 4. The highest BCUT2D eigenvalue weighted by molar-refractivity contribution is 9.10. The lowest BCUT2D eigenvalue weighted by Crippen LogP contribution is -2.28. The summed E-state index contributed by atoms with van der Waals surface area (Å²) < 4.78 is 41.3. The molecular weight excluding hydrogens is 602 g/mol. The first-order valence-corrected chi connectivity index (χ1v) is 14.3. The van der Waals surface area contributed by atoms with Crippen molar-refractivity contribution in [3.63, 3.8) is 0 Å². The van der Waals surface area contributed by atoms with Gasteiger partial charge in [-0.05, 0) is 60.0 Å². The summed E-state index contributed by atoms with van der Waals surface area (Å²) in [4.78, 5) is 28.0. The molecular formula is C27H26BrN5O6S. The Morgan fingerprint density at radius 2 is 1.57 bits per heavy atom. The maximum absolute atomic E-state index is 13.3. The number of aromatic nitrogens is 4. The molecule has 208 valence electrons. The van der Waals surface area contributed by atoms with Crippen LogP contribution in [0, 0.1) is 6.92 Å². The van der Waals surface area contributed by atoms with E-state index in [1.165, 1.54) is 30.6 Å². The molecule has 2 aromatic heterocycles. The lowest BCUT2D eigenvalue weighted by molar-refractivity contribution is -0.142. The highest BCUT2D eigenvalue weighted by Gasteiger charge is 2.30. The average molecular weight is 629 g/mol. The van der Waals surface area contributed by atoms with E-state index in [2.05, 4.69) is 40.6 Å². The van der Waals surface area contributed by atoms with Crippen LogP contribution < -0.4 is 14.2 Å². The minimum atomic E-state index is -4.10. The second-order valence-electron chi connectivity index (χ2n) is 9.21. The third kappa shape index (κ3) is 6.72. The number of rotatable bonds is 11. The SMILES string of the molecule is Cc1ccc(-c2c(NS(=O)(=O)c3ccc(C(C)(C)C(=O)O)cc3)ncnc2OCCOc2ncc(Br)cn2)cc1. The lowest BCUT2D eigenvalue weighted by atomic mass is 9.85. The van der Waals surface area contributed by atoms with Gasteiger partial charge in [-0.15, -0.1) is 0 Å². The van der Waals surface area contributed by atoms with Crippen LogP contribution in [0.3, 0.4) is 0 Å². The topological polar surface area (TPSA) is 153 Å². The molecule has 11 nitrogen and oxygen atoms in total. The number of ether oxygens (including phenoxy) is 2. The van der Waals surface area contributed by atoms with Gasteiger partial charge in [0.2, 0.25) is 5.88 Å². The molecule has 0 saturated carbocycles. The molecule has 4 rings (SSSR count). The van der Waals surface area contributed by atoms with Gasteiger partial charge in [0.25, 0.3) is 10.0 Å². The van der Waals surface area contributed by atoms with E-state index >= 15 is 0 Å². The van der Waals surface area contributed by atoms with Gasteiger partial charge in [-0.3, -0.25) is 9.52 Å². The number of benzene rings is 2. The van der Waals surface area contributed by atoms with Crippen LogP contribution in [-0.2, 0) is 20.2 Å². The molecule has 40 heavy (non-hydrogen) atoms. The van der Waals surface area contributed by atoms with Gasteiger partial charge in [-0.1, -0.05) is 42.0 Å². The first-order chi connectivity index (χ1) is 19.0. The van der Waals surface area contributed by atoms with Gasteiger partial charge in [-0.2, -0.15) is 0 Å². The van der Waals surface area contributed by atoms with Gasteiger partial charge < -0.3 is 14.6 Å². The number of carboxylic acids is 1. The Bertz CT molecular complexity index is 1600. The van der Waals surface area contributed by atoms with Crippen molar-refractivity contribution in [2.45, 2.75) is 31.1 Å². The van der Waals surface area contributed by atoms with Crippen LogP contribution in [0.4, 0.5) is 5.82 Å². The molecule has 2 heterocycles. The maximum atomic E-state index is 13.3. The molecule has 0 unspecified atom stereocenters. The Kier molecular flexibility index (Phi) is 8.64. The van der Waals surface area contributed by atoms with Crippen molar-refractivity contribution in [2.24, 2.45) is 0 Å². The fourth-order valence-electron chi connectivity index (χ4n) is 3.54. The molecule has 4 aromatic rings. The quantitative estimate of drug-likeness (QED) is 0.225. The van der Waals surface area contributed by atoms with Crippen LogP contribution in [0.1, 0.15) is 25.0 Å².